The SMILES string of the molecule is c1ccc2nnc(-c3ccc4cnnc(-c5cnc6ccccc6n5)c4c3-c3ncc4ccccc4n3)cc2c1. The van der Waals surface area contributed by atoms with Gasteiger partial charge in [-0.25, -0.2) is 15.0 Å². The first-order valence-electron chi connectivity index (χ1n) is 12.8. The fourth-order valence-electron chi connectivity index (χ4n) is 5.09. The van der Waals surface area contributed by atoms with Crippen LogP contribution in [0.5, 0.6) is 0 Å². The first-order chi connectivity index (χ1) is 19.8. The largest absolute Gasteiger partial charge is 0.252 e. The lowest BCUT2D eigenvalue weighted by Crippen LogP contribution is -2.00. The summed E-state index contributed by atoms with van der Waals surface area (Å²) in [6, 6.07) is 29.7. The predicted octanol–water partition coefficient (Wildman–Crippen LogP) is 6.46. The van der Waals surface area contributed by atoms with Crippen LogP contribution >= 0.6 is 0 Å². The molecule has 0 atom stereocenters. The van der Waals surface area contributed by atoms with Gasteiger partial charge in [0.1, 0.15) is 11.4 Å². The molecule has 0 aliphatic rings. The monoisotopic (exact) mass is 514 g/mol. The summed E-state index contributed by atoms with van der Waals surface area (Å²) in [5, 5.41) is 21.6. The first kappa shape index (κ1) is 22.2. The van der Waals surface area contributed by atoms with Crippen LogP contribution in [0, 0.1) is 0 Å². The van der Waals surface area contributed by atoms with Crippen molar-refractivity contribution >= 4 is 43.6 Å². The number of fused-ring (bicyclic) bond motifs is 4. The van der Waals surface area contributed by atoms with Crippen LogP contribution in [0.3, 0.4) is 0 Å². The lowest BCUT2D eigenvalue weighted by atomic mass is 9.94. The van der Waals surface area contributed by atoms with Gasteiger partial charge in [-0.2, -0.15) is 5.10 Å². The van der Waals surface area contributed by atoms with Gasteiger partial charge < -0.3 is 0 Å². The molecule has 0 N–H and O–H groups in total. The molecule has 0 unspecified atom stereocenters. The average molecular weight is 515 g/mol. The quantitative estimate of drug-likeness (QED) is 0.265. The highest BCUT2D eigenvalue weighted by Gasteiger charge is 2.21. The Morgan fingerprint density at radius 1 is 0.475 bits per heavy atom. The normalized spacial score (nSPS) is 11.5. The molecule has 0 fully saturated rings. The van der Waals surface area contributed by atoms with Crippen molar-refractivity contribution in [3.8, 4) is 34.0 Å². The van der Waals surface area contributed by atoms with E-state index in [9.17, 15) is 0 Å². The van der Waals surface area contributed by atoms with E-state index in [4.69, 9.17) is 15.0 Å². The Balaban J connectivity index is 1.47. The smallest absolute Gasteiger partial charge is 0.161 e. The zero-order valence-corrected chi connectivity index (χ0v) is 21.0. The highest BCUT2D eigenvalue weighted by molar-refractivity contribution is 6.08. The molecule has 0 spiro atoms. The highest BCUT2D eigenvalue weighted by Crippen LogP contribution is 2.40. The number of aromatic nitrogens is 8. The molecular weight excluding hydrogens is 496 g/mol. The Labute approximate surface area is 227 Å². The van der Waals surface area contributed by atoms with Crippen molar-refractivity contribution in [1.82, 2.24) is 40.3 Å². The van der Waals surface area contributed by atoms with E-state index in [1.54, 1.807) is 12.4 Å². The summed E-state index contributed by atoms with van der Waals surface area (Å²) in [7, 11) is 0. The third kappa shape index (κ3) is 3.62. The van der Waals surface area contributed by atoms with Crippen LogP contribution in [-0.4, -0.2) is 40.3 Å². The van der Waals surface area contributed by atoms with Gasteiger partial charge in [0.25, 0.3) is 0 Å². The number of hydrogen-bond donors (Lipinski definition) is 0. The second kappa shape index (κ2) is 8.92. The fraction of sp³-hybridized carbons (Fsp3) is 0. The molecule has 8 rings (SSSR count). The molecule has 0 saturated heterocycles. The van der Waals surface area contributed by atoms with Gasteiger partial charge in [-0.3, -0.25) is 4.98 Å². The minimum Gasteiger partial charge on any atom is -0.252 e. The molecule has 0 aliphatic heterocycles. The first-order valence-corrected chi connectivity index (χ1v) is 12.8. The summed E-state index contributed by atoms with van der Waals surface area (Å²) in [4.78, 5) is 19.3. The summed E-state index contributed by atoms with van der Waals surface area (Å²) in [6.45, 7) is 0. The maximum atomic E-state index is 4.99. The van der Waals surface area contributed by atoms with Crippen LogP contribution in [0.25, 0.3) is 77.6 Å². The molecular formula is C32H18N8. The molecule has 8 heteroatoms. The zero-order valence-electron chi connectivity index (χ0n) is 21.0. The molecule has 0 amide bonds. The summed E-state index contributed by atoms with van der Waals surface area (Å²) in [5.74, 6) is 0.553. The van der Waals surface area contributed by atoms with Gasteiger partial charge in [-0.15, -0.1) is 15.3 Å². The van der Waals surface area contributed by atoms with Gasteiger partial charge in [-0.05, 0) is 30.3 Å². The maximum Gasteiger partial charge on any atom is 0.161 e. The molecule has 0 saturated carbocycles. The second-order valence-corrected chi connectivity index (χ2v) is 9.43. The van der Waals surface area contributed by atoms with E-state index in [2.05, 4.69) is 25.4 Å². The van der Waals surface area contributed by atoms with Crippen molar-refractivity contribution < 1.29 is 0 Å². The van der Waals surface area contributed by atoms with Crippen LogP contribution in [0.2, 0.25) is 0 Å². The molecule has 4 aromatic carbocycles. The van der Waals surface area contributed by atoms with Crippen molar-refractivity contribution in [2.24, 2.45) is 0 Å². The third-order valence-electron chi connectivity index (χ3n) is 7.00. The Morgan fingerprint density at radius 2 is 1.25 bits per heavy atom. The van der Waals surface area contributed by atoms with Gasteiger partial charge in [0.05, 0.1) is 40.2 Å². The van der Waals surface area contributed by atoms with Gasteiger partial charge in [-0.1, -0.05) is 60.7 Å². The Kier molecular flexibility index (Phi) is 4.96. The van der Waals surface area contributed by atoms with Gasteiger partial charge >= 0.3 is 0 Å². The summed E-state index contributed by atoms with van der Waals surface area (Å²) >= 11 is 0. The van der Waals surface area contributed by atoms with Crippen LogP contribution < -0.4 is 0 Å². The molecule has 4 heterocycles. The lowest BCUT2D eigenvalue weighted by Gasteiger charge is -2.15. The number of hydrogen-bond acceptors (Lipinski definition) is 8. The topological polar surface area (TPSA) is 103 Å². The van der Waals surface area contributed by atoms with E-state index in [0.29, 0.717) is 22.9 Å². The maximum absolute atomic E-state index is 4.99. The van der Waals surface area contributed by atoms with Crippen LogP contribution in [0.4, 0.5) is 0 Å². The summed E-state index contributed by atoms with van der Waals surface area (Å²) in [6.07, 6.45) is 5.32. The molecule has 186 valence electrons. The molecule has 8 nitrogen and oxygen atoms in total. The Bertz CT molecular complexity index is 2250. The molecule has 8 aromatic rings. The Morgan fingerprint density at radius 3 is 2.15 bits per heavy atom. The number of para-hydroxylation sites is 3. The van der Waals surface area contributed by atoms with E-state index in [1.165, 1.54) is 0 Å². The van der Waals surface area contributed by atoms with Gasteiger partial charge in [0.15, 0.2) is 5.82 Å². The van der Waals surface area contributed by atoms with Gasteiger partial charge in [0, 0.05) is 38.9 Å². The van der Waals surface area contributed by atoms with Crippen LogP contribution in [0.1, 0.15) is 0 Å². The molecule has 0 aliphatic carbocycles. The van der Waals surface area contributed by atoms with Crippen molar-refractivity contribution in [2.45, 2.75) is 0 Å². The minimum atomic E-state index is 0.553. The second-order valence-electron chi connectivity index (χ2n) is 9.43. The van der Waals surface area contributed by atoms with E-state index >= 15 is 0 Å². The van der Waals surface area contributed by atoms with E-state index in [0.717, 1.165) is 54.7 Å². The molecule has 40 heavy (non-hydrogen) atoms. The number of rotatable bonds is 3. The lowest BCUT2D eigenvalue weighted by molar-refractivity contribution is 1.05. The van der Waals surface area contributed by atoms with E-state index in [1.807, 2.05) is 97.2 Å². The predicted molar refractivity (Wildman–Crippen MR) is 155 cm³/mol. The van der Waals surface area contributed by atoms with Crippen molar-refractivity contribution in [2.75, 3.05) is 0 Å². The minimum absolute atomic E-state index is 0.553. The zero-order chi connectivity index (χ0) is 26.5. The van der Waals surface area contributed by atoms with E-state index < -0.39 is 0 Å². The number of benzene rings is 4. The van der Waals surface area contributed by atoms with Crippen LogP contribution in [-0.2, 0) is 0 Å². The van der Waals surface area contributed by atoms with E-state index in [-0.39, 0.29) is 0 Å². The van der Waals surface area contributed by atoms with Crippen LogP contribution in [0.15, 0.2) is 110 Å². The fourth-order valence-corrected chi connectivity index (χ4v) is 5.09. The molecule has 0 bridgehead atoms. The standard InChI is InChI=1S/C32H18N8/c1-4-10-24-19(7-1)15-27(39-38-24)22-14-13-21-17-35-40-31(28-18-33-25-11-5-6-12-26(25)36-28)29(21)30(22)32-34-16-20-8-2-3-9-23(20)37-32/h1-18H. The van der Waals surface area contributed by atoms with Crippen molar-refractivity contribution in [3.05, 3.63) is 110 Å². The van der Waals surface area contributed by atoms with Gasteiger partial charge in [0.2, 0.25) is 0 Å². The Hall–Kier alpha value is -5.76. The molecule has 4 aromatic heterocycles. The van der Waals surface area contributed by atoms with Crippen molar-refractivity contribution in [3.63, 3.8) is 0 Å². The molecule has 0 radical (unpaired) electrons. The van der Waals surface area contributed by atoms with Crippen molar-refractivity contribution in [1.29, 1.82) is 0 Å². The summed E-state index contributed by atoms with van der Waals surface area (Å²) in [5.41, 5.74) is 6.79. The summed E-state index contributed by atoms with van der Waals surface area (Å²) < 4.78 is 0. The number of nitrogens with zero attached hydrogens (tertiary/aromatic N) is 8. The highest BCUT2D eigenvalue weighted by atomic mass is 15.1. The average Bonchev–Trinajstić information content (AvgIpc) is 3.03. The third-order valence-corrected chi connectivity index (χ3v) is 7.00.